The molecular formula is C22H25FN4OS. The highest BCUT2D eigenvalue weighted by Crippen LogP contribution is 2.24. The topological polar surface area (TPSA) is 59.8 Å². The molecule has 1 aromatic heterocycles. The second kappa shape index (κ2) is 9.69. The predicted octanol–water partition coefficient (Wildman–Crippen LogP) is 4.78. The first kappa shape index (κ1) is 21.0. The van der Waals surface area contributed by atoms with Gasteiger partial charge < -0.3 is 9.88 Å². The van der Waals surface area contributed by atoms with Crippen LogP contribution < -0.4 is 5.32 Å². The van der Waals surface area contributed by atoms with Crippen LogP contribution in [0.2, 0.25) is 0 Å². The largest absolute Gasteiger partial charge is 0.348 e. The zero-order valence-corrected chi connectivity index (χ0v) is 17.7. The van der Waals surface area contributed by atoms with Crippen molar-refractivity contribution in [3.8, 4) is 0 Å². The molecule has 0 bridgehead atoms. The van der Waals surface area contributed by atoms with E-state index in [4.69, 9.17) is 0 Å². The van der Waals surface area contributed by atoms with Crippen molar-refractivity contribution < 1.29 is 9.18 Å². The van der Waals surface area contributed by atoms with Gasteiger partial charge in [0.15, 0.2) is 5.16 Å². The number of thioether (sulfide) groups is 1. The molecule has 152 valence electrons. The monoisotopic (exact) mass is 412 g/mol. The van der Waals surface area contributed by atoms with Crippen LogP contribution in [0.5, 0.6) is 0 Å². The molecule has 2 aromatic carbocycles. The smallest absolute Gasteiger partial charge is 0.251 e. The van der Waals surface area contributed by atoms with Crippen molar-refractivity contribution in [2.45, 2.75) is 50.7 Å². The van der Waals surface area contributed by atoms with Gasteiger partial charge in [-0.1, -0.05) is 49.9 Å². The lowest BCUT2D eigenvalue weighted by Crippen LogP contribution is -2.22. The Morgan fingerprint density at radius 1 is 1.07 bits per heavy atom. The van der Waals surface area contributed by atoms with Crippen molar-refractivity contribution in [1.82, 2.24) is 20.1 Å². The molecule has 1 amide bonds. The van der Waals surface area contributed by atoms with Crippen LogP contribution in [0.4, 0.5) is 4.39 Å². The lowest BCUT2D eigenvalue weighted by atomic mass is 10.1. The van der Waals surface area contributed by atoms with E-state index in [0.717, 1.165) is 34.4 Å². The highest BCUT2D eigenvalue weighted by Gasteiger charge is 2.14. The Kier molecular flexibility index (Phi) is 7.04. The quantitative estimate of drug-likeness (QED) is 0.541. The SMILES string of the molecule is CCn1c(SCc2ccc(C(=O)NCc3ccc(F)cc3)cc2)nnc1C(C)C. The molecule has 0 aliphatic rings. The number of hydrogen-bond donors (Lipinski definition) is 1. The maximum Gasteiger partial charge on any atom is 0.251 e. The number of nitrogens with one attached hydrogen (secondary N) is 1. The van der Waals surface area contributed by atoms with Crippen LogP contribution in [0.25, 0.3) is 0 Å². The number of aromatic nitrogens is 3. The van der Waals surface area contributed by atoms with Crippen molar-refractivity contribution >= 4 is 17.7 Å². The van der Waals surface area contributed by atoms with Crippen LogP contribution in [0.15, 0.2) is 53.7 Å². The van der Waals surface area contributed by atoms with Gasteiger partial charge in [0.05, 0.1) is 0 Å². The summed E-state index contributed by atoms with van der Waals surface area (Å²) in [5.74, 6) is 1.66. The Labute approximate surface area is 174 Å². The normalized spacial score (nSPS) is 11.1. The van der Waals surface area contributed by atoms with Gasteiger partial charge in [0.1, 0.15) is 11.6 Å². The number of halogens is 1. The number of nitrogens with zero attached hydrogens (tertiary/aromatic N) is 3. The highest BCUT2D eigenvalue weighted by molar-refractivity contribution is 7.98. The second-order valence-corrected chi connectivity index (χ2v) is 7.98. The molecule has 1 heterocycles. The standard InChI is InChI=1S/C22H25FN4OS/c1-4-27-20(15(2)3)25-26-22(27)29-14-17-5-9-18(10-6-17)21(28)24-13-16-7-11-19(23)12-8-16/h5-12,15H,4,13-14H2,1-3H3,(H,24,28). The first-order valence-corrected chi connectivity index (χ1v) is 10.6. The number of carbonyl (C=O) groups is 1. The van der Waals surface area contributed by atoms with Crippen molar-refractivity contribution in [2.24, 2.45) is 0 Å². The fourth-order valence-corrected chi connectivity index (χ4v) is 3.88. The van der Waals surface area contributed by atoms with Gasteiger partial charge in [-0.2, -0.15) is 0 Å². The third-order valence-corrected chi connectivity index (χ3v) is 5.57. The van der Waals surface area contributed by atoms with Crippen molar-refractivity contribution in [3.05, 3.63) is 76.9 Å². The number of hydrogen-bond acceptors (Lipinski definition) is 4. The van der Waals surface area contributed by atoms with Crippen molar-refractivity contribution in [1.29, 1.82) is 0 Å². The Balaban J connectivity index is 1.56. The van der Waals surface area contributed by atoms with Gasteiger partial charge in [0.25, 0.3) is 5.91 Å². The highest BCUT2D eigenvalue weighted by atomic mass is 32.2. The fourth-order valence-electron chi connectivity index (χ4n) is 2.92. The van der Waals surface area contributed by atoms with Gasteiger partial charge in [-0.25, -0.2) is 4.39 Å². The van der Waals surface area contributed by atoms with Crippen LogP contribution in [0.1, 0.15) is 54.0 Å². The molecule has 0 unspecified atom stereocenters. The lowest BCUT2D eigenvalue weighted by molar-refractivity contribution is 0.0951. The first-order chi connectivity index (χ1) is 14.0. The molecule has 0 spiro atoms. The van der Waals surface area contributed by atoms with Crippen molar-refractivity contribution in [2.75, 3.05) is 0 Å². The maximum absolute atomic E-state index is 12.9. The van der Waals surface area contributed by atoms with E-state index >= 15 is 0 Å². The summed E-state index contributed by atoms with van der Waals surface area (Å²) in [4.78, 5) is 12.3. The molecule has 0 saturated heterocycles. The first-order valence-electron chi connectivity index (χ1n) is 9.65. The summed E-state index contributed by atoms with van der Waals surface area (Å²) >= 11 is 1.64. The Hall–Kier alpha value is -2.67. The van der Waals surface area contributed by atoms with E-state index in [1.54, 1.807) is 23.9 Å². The summed E-state index contributed by atoms with van der Waals surface area (Å²) in [5.41, 5.74) is 2.56. The van der Waals surface area contributed by atoms with Gasteiger partial charge in [-0.3, -0.25) is 4.79 Å². The zero-order valence-electron chi connectivity index (χ0n) is 16.9. The summed E-state index contributed by atoms with van der Waals surface area (Å²) < 4.78 is 15.1. The molecule has 0 aliphatic heterocycles. The summed E-state index contributed by atoms with van der Waals surface area (Å²) in [6.07, 6.45) is 0. The average molecular weight is 413 g/mol. The molecular weight excluding hydrogens is 387 g/mol. The molecule has 7 heteroatoms. The average Bonchev–Trinajstić information content (AvgIpc) is 3.15. The van der Waals surface area contributed by atoms with Gasteiger partial charge in [0, 0.05) is 30.3 Å². The van der Waals surface area contributed by atoms with Gasteiger partial charge in [-0.05, 0) is 42.3 Å². The molecule has 0 radical (unpaired) electrons. The number of benzene rings is 2. The summed E-state index contributed by atoms with van der Waals surface area (Å²) in [6.45, 7) is 7.53. The lowest BCUT2D eigenvalue weighted by Gasteiger charge is -2.09. The summed E-state index contributed by atoms with van der Waals surface area (Å²) in [5, 5.41) is 12.4. The van der Waals surface area contributed by atoms with Crippen LogP contribution in [0, 0.1) is 5.82 Å². The Morgan fingerprint density at radius 3 is 2.34 bits per heavy atom. The number of carbonyl (C=O) groups excluding carboxylic acids is 1. The van der Waals surface area contributed by atoms with Gasteiger partial charge >= 0.3 is 0 Å². The molecule has 29 heavy (non-hydrogen) atoms. The minimum Gasteiger partial charge on any atom is -0.348 e. The van der Waals surface area contributed by atoms with Gasteiger partial charge in [0.2, 0.25) is 0 Å². The Bertz CT molecular complexity index is 952. The third kappa shape index (κ3) is 5.44. The van der Waals surface area contributed by atoms with E-state index in [0.29, 0.717) is 18.0 Å². The van der Waals surface area contributed by atoms with Gasteiger partial charge in [-0.15, -0.1) is 10.2 Å². The van der Waals surface area contributed by atoms with Crippen LogP contribution >= 0.6 is 11.8 Å². The predicted molar refractivity (Wildman–Crippen MR) is 113 cm³/mol. The molecule has 3 rings (SSSR count). The van der Waals surface area contributed by atoms with E-state index < -0.39 is 0 Å². The minimum absolute atomic E-state index is 0.152. The molecule has 0 aliphatic carbocycles. The van der Waals surface area contributed by atoms with E-state index in [1.807, 2.05) is 24.3 Å². The minimum atomic E-state index is -0.286. The van der Waals surface area contributed by atoms with Crippen molar-refractivity contribution in [3.63, 3.8) is 0 Å². The molecule has 0 fully saturated rings. The Morgan fingerprint density at radius 2 is 1.72 bits per heavy atom. The number of amides is 1. The summed E-state index contributed by atoms with van der Waals surface area (Å²) in [7, 11) is 0. The van der Waals surface area contributed by atoms with E-state index in [2.05, 4.69) is 40.9 Å². The van der Waals surface area contributed by atoms with Crippen LogP contribution in [-0.2, 0) is 18.8 Å². The fraction of sp³-hybridized carbons (Fsp3) is 0.318. The second-order valence-electron chi connectivity index (χ2n) is 7.03. The summed E-state index contributed by atoms with van der Waals surface area (Å²) in [6, 6.07) is 13.6. The van der Waals surface area contributed by atoms with Crippen LogP contribution in [-0.4, -0.2) is 20.7 Å². The van der Waals surface area contributed by atoms with E-state index in [9.17, 15) is 9.18 Å². The molecule has 5 nitrogen and oxygen atoms in total. The zero-order chi connectivity index (χ0) is 20.8. The molecule has 0 saturated carbocycles. The number of rotatable bonds is 8. The molecule has 3 aromatic rings. The van der Waals surface area contributed by atoms with E-state index in [-0.39, 0.29) is 11.7 Å². The third-order valence-electron chi connectivity index (χ3n) is 4.53. The maximum atomic E-state index is 12.9. The molecule has 1 N–H and O–H groups in total. The van der Waals surface area contributed by atoms with Crippen LogP contribution in [0.3, 0.4) is 0 Å². The van der Waals surface area contributed by atoms with E-state index in [1.165, 1.54) is 12.1 Å². The molecule has 0 atom stereocenters.